The predicted octanol–water partition coefficient (Wildman–Crippen LogP) is 0.185. The van der Waals surface area contributed by atoms with E-state index in [2.05, 4.69) is 0 Å². The van der Waals surface area contributed by atoms with E-state index in [0.717, 1.165) is 0 Å². The highest BCUT2D eigenvalue weighted by Crippen LogP contribution is 2.07. The average Bonchev–Trinajstić information content (AvgIpc) is 2.03. The average molecular weight is 170 g/mol. The molecule has 1 heterocycles. The lowest BCUT2D eigenvalue weighted by molar-refractivity contribution is 0.191. The lowest BCUT2D eigenvalue weighted by Crippen LogP contribution is -2.10. The van der Waals surface area contributed by atoms with E-state index < -0.39 is 6.10 Å². The van der Waals surface area contributed by atoms with Gasteiger partial charge in [-0.05, 0) is 6.92 Å². The zero-order chi connectivity index (χ0) is 9.14. The smallest absolute Gasteiger partial charge is 0.190 e. The van der Waals surface area contributed by atoms with Crippen LogP contribution in [0.3, 0.4) is 0 Å². The van der Waals surface area contributed by atoms with Gasteiger partial charge in [0.2, 0.25) is 0 Å². The Bertz CT molecular complexity index is 313. The third-order valence-corrected chi connectivity index (χ3v) is 1.52. The van der Waals surface area contributed by atoms with E-state index >= 15 is 0 Å². The lowest BCUT2D eigenvalue weighted by Gasteiger charge is -2.02. The van der Waals surface area contributed by atoms with E-state index in [-0.39, 0.29) is 23.4 Å². The summed E-state index contributed by atoms with van der Waals surface area (Å²) in [6.07, 6.45) is 0.326. The third-order valence-electron chi connectivity index (χ3n) is 1.52. The minimum atomic E-state index is -0.839. The van der Waals surface area contributed by atoms with Crippen LogP contribution in [0.2, 0.25) is 0 Å². The molecule has 1 aromatic rings. The molecule has 0 spiro atoms. The normalized spacial score (nSPS) is 12.9. The van der Waals surface area contributed by atoms with Crippen LogP contribution in [0.5, 0.6) is 0 Å². The number of aliphatic hydroxyl groups is 2. The minimum absolute atomic E-state index is 0.199. The van der Waals surface area contributed by atoms with E-state index in [4.69, 9.17) is 14.6 Å². The van der Waals surface area contributed by atoms with Crippen molar-refractivity contribution >= 4 is 0 Å². The highest BCUT2D eigenvalue weighted by atomic mass is 16.4. The highest BCUT2D eigenvalue weighted by molar-refractivity contribution is 5.12. The molecule has 0 amide bonds. The first kappa shape index (κ1) is 8.96. The van der Waals surface area contributed by atoms with Crippen LogP contribution >= 0.6 is 0 Å². The summed E-state index contributed by atoms with van der Waals surface area (Å²) in [7, 11) is 0. The number of aliphatic hydroxyl groups excluding tert-OH is 2. The van der Waals surface area contributed by atoms with Gasteiger partial charge < -0.3 is 14.6 Å². The number of hydrogen-bond donors (Lipinski definition) is 2. The summed E-state index contributed by atoms with van der Waals surface area (Å²) in [5, 5.41) is 17.6. The van der Waals surface area contributed by atoms with Crippen LogP contribution in [-0.2, 0) is 6.61 Å². The summed E-state index contributed by atoms with van der Waals surface area (Å²) in [4.78, 5) is 11.1. The van der Waals surface area contributed by atoms with E-state index in [0.29, 0.717) is 0 Å². The zero-order valence-electron chi connectivity index (χ0n) is 6.65. The first-order valence-electron chi connectivity index (χ1n) is 3.55. The Morgan fingerprint density at radius 1 is 1.67 bits per heavy atom. The van der Waals surface area contributed by atoms with Crippen molar-refractivity contribution in [3.63, 3.8) is 0 Å². The summed E-state index contributed by atoms with van der Waals surface area (Å²) in [6.45, 7) is 1.17. The van der Waals surface area contributed by atoms with E-state index in [1.165, 1.54) is 19.3 Å². The van der Waals surface area contributed by atoms with Gasteiger partial charge in [-0.25, -0.2) is 0 Å². The van der Waals surface area contributed by atoms with Crippen molar-refractivity contribution in [2.75, 3.05) is 0 Å². The molecule has 0 aromatic carbocycles. The second-order valence-corrected chi connectivity index (χ2v) is 2.50. The van der Waals surface area contributed by atoms with Crippen LogP contribution in [0.4, 0.5) is 0 Å². The van der Waals surface area contributed by atoms with Gasteiger partial charge in [-0.1, -0.05) is 0 Å². The van der Waals surface area contributed by atoms with Crippen LogP contribution in [0.25, 0.3) is 0 Å². The minimum Gasteiger partial charge on any atom is -0.466 e. The summed E-state index contributed by atoms with van der Waals surface area (Å²) in [5.74, 6) is 0.199. The maximum Gasteiger partial charge on any atom is 0.190 e. The van der Waals surface area contributed by atoms with E-state index in [1.807, 2.05) is 0 Å². The molecule has 12 heavy (non-hydrogen) atoms. The van der Waals surface area contributed by atoms with Crippen molar-refractivity contribution in [3.05, 3.63) is 33.9 Å². The van der Waals surface area contributed by atoms with E-state index in [1.54, 1.807) is 0 Å². The van der Waals surface area contributed by atoms with Gasteiger partial charge in [-0.2, -0.15) is 0 Å². The van der Waals surface area contributed by atoms with Gasteiger partial charge in [0, 0.05) is 6.07 Å². The highest BCUT2D eigenvalue weighted by Gasteiger charge is 2.07. The van der Waals surface area contributed by atoms with Crippen LogP contribution in [0, 0.1) is 0 Å². The molecule has 4 heteroatoms. The molecule has 1 rings (SSSR count). The fourth-order valence-electron chi connectivity index (χ4n) is 0.848. The second-order valence-electron chi connectivity index (χ2n) is 2.50. The molecule has 4 nitrogen and oxygen atoms in total. The van der Waals surface area contributed by atoms with Crippen molar-refractivity contribution in [1.82, 2.24) is 0 Å². The molecular weight excluding hydrogens is 160 g/mol. The van der Waals surface area contributed by atoms with Gasteiger partial charge in [0.25, 0.3) is 0 Å². The van der Waals surface area contributed by atoms with Crippen molar-refractivity contribution < 1.29 is 14.6 Å². The third kappa shape index (κ3) is 1.72. The fourth-order valence-corrected chi connectivity index (χ4v) is 0.848. The van der Waals surface area contributed by atoms with Crippen LogP contribution in [-0.4, -0.2) is 10.2 Å². The van der Waals surface area contributed by atoms with Crippen molar-refractivity contribution in [1.29, 1.82) is 0 Å². The van der Waals surface area contributed by atoms with Gasteiger partial charge in [0.05, 0.1) is 11.7 Å². The topological polar surface area (TPSA) is 70.7 Å². The number of rotatable bonds is 2. The summed E-state index contributed by atoms with van der Waals surface area (Å²) in [5.41, 5.74) is -0.118. The molecule has 0 radical (unpaired) electrons. The Hall–Kier alpha value is -1.13. The Morgan fingerprint density at radius 2 is 2.33 bits per heavy atom. The summed E-state index contributed by atoms with van der Waals surface area (Å²) >= 11 is 0. The van der Waals surface area contributed by atoms with Crippen LogP contribution < -0.4 is 5.43 Å². The monoisotopic (exact) mass is 170 g/mol. The molecule has 1 unspecified atom stereocenters. The van der Waals surface area contributed by atoms with Crippen molar-refractivity contribution in [2.24, 2.45) is 0 Å². The quantitative estimate of drug-likeness (QED) is 0.664. The zero-order valence-corrected chi connectivity index (χ0v) is 6.65. The molecule has 0 aliphatic rings. The van der Waals surface area contributed by atoms with Gasteiger partial charge in [-0.3, -0.25) is 4.79 Å². The number of hydrogen-bond acceptors (Lipinski definition) is 4. The van der Waals surface area contributed by atoms with Gasteiger partial charge in [0.1, 0.15) is 18.6 Å². The first-order chi connectivity index (χ1) is 5.65. The maximum absolute atomic E-state index is 11.1. The largest absolute Gasteiger partial charge is 0.466 e. The Kier molecular flexibility index (Phi) is 2.62. The Labute approximate surface area is 69.1 Å². The van der Waals surface area contributed by atoms with E-state index in [9.17, 15) is 4.79 Å². The summed E-state index contributed by atoms with van der Waals surface area (Å²) < 4.78 is 4.84. The molecule has 0 bridgehead atoms. The SMILES string of the molecule is CC(O)c1coc(CO)cc1=O. The molecule has 1 aromatic heterocycles. The maximum atomic E-state index is 11.1. The lowest BCUT2D eigenvalue weighted by atomic mass is 10.2. The van der Waals surface area contributed by atoms with Gasteiger partial charge in [0.15, 0.2) is 5.43 Å². The van der Waals surface area contributed by atoms with Gasteiger partial charge >= 0.3 is 0 Å². The Balaban J connectivity index is 3.12. The molecule has 66 valence electrons. The standard InChI is InChI=1S/C8H10O4/c1-5(10)7-4-12-6(3-9)2-8(7)11/h2,4-5,9-10H,3H2,1H3. The molecule has 0 aliphatic carbocycles. The molecule has 0 saturated heterocycles. The van der Waals surface area contributed by atoms with Crippen molar-refractivity contribution in [2.45, 2.75) is 19.6 Å². The predicted molar refractivity (Wildman–Crippen MR) is 41.5 cm³/mol. The molecule has 0 fully saturated rings. The molecule has 2 N–H and O–H groups in total. The van der Waals surface area contributed by atoms with Crippen LogP contribution in [0.15, 0.2) is 21.5 Å². The molecule has 0 aliphatic heterocycles. The van der Waals surface area contributed by atoms with Crippen molar-refractivity contribution in [3.8, 4) is 0 Å². The first-order valence-corrected chi connectivity index (χ1v) is 3.55. The Morgan fingerprint density at radius 3 is 2.75 bits per heavy atom. The fraction of sp³-hybridized carbons (Fsp3) is 0.375. The molecular formula is C8H10O4. The molecule has 1 atom stereocenters. The summed E-state index contributed by atoms with van der Waals surface area (Å²) in [6, 6.07) is 1.17. The van der Waals surface area contributed by atoms with Gasteiger partial charge in [-0.15, -0.1) is 0 Å². The van der Waals surface area contributed by atoms with Crippen LogP contribution in [0.1, 0.15) is 24.4 Å². The second kappa shape index (κ2) is 3.51. The molecule has 0 saturated carbocycles.